The summed E-state index contributed by atoms with van der Waals surface area (Å²) in [6, 6.07) is 5.56. The van der Waals surface area contributed by atoms with E-state index < -0.39 is 5.78 Å². The molecule has 22 heavy (non-hydrogen) atoms. The number of H-pyrrole nitrogens is 1. The number of carbonyl (C=O) groups excluding carboxylic acids is 1. The van der Waals surface area contributed by atoms with Gasteiger partial charge >= 0.3 is 0 Å². The van der Waals surface area contributed by atoms with Crippen molar-refractivity contribution >= 4 is 11.5 Å². The van der Waals surface area contributed by atoms with Gasteiger partial charge in [0, 0.05) is 30.0 Å². The molecule has 0 unspecified atom stereocenters. The number of aliphatic hydroxyl groups excluding tert-OH is 1. The molecule has 0 amide bonds. The SMILES string of the molecule is O=C(C=C(O)c1cocc1Cc1ccccn1)c1nn[nH]n1. The number of hydrogen-bond acceptors (Lipinski definition) is 7. The Kier molecular flexibility index (Phi) is 3.73. The number of rotatable bonds is 5. The van der Waals surface area contributed by atoms with E-state index >= 15 is 0 Å². The maximum Gasteiger partial charge on any atom is 0.244 e. The van der Waals surface area contributed by atoms with E-state index in [2.05, 4.69) is 25.6 Å². The van der Waals surface area contributed by atoms with Gasteiger partial charge in [-0.3, -0.25) is 9.78 Å². The molecule has 3 heterocycles. The number of carbonyl (C=O) groups is 1. The summed E-state index contributed by atoms with van der Waals surface area (Å²) in [4.78, 5) is 16.0. The summed E-state index contributed by atoms with van der Waals surface area (Å²) in [5, 5.41) is 22.7. The monoisotopic (exact) mass is 297 g/mol. The first-order valence-corrected chi connectivity index (χ1v) is 6.38. The smallest absolute Gasteiger partial charge is 0.244 e. The van der Waals surface area contributed by atoms with E-state index in [9.17, 15) is 9.90 Å². The van der Waals surface area contributed by atoms with Crippen LogP contribution in [0.15, 0.2) is 47.4 Å². The molecule has 3 aromatic heterocycles. The highest BCUT2D eigenvalue weighted by Gasteiger charge is 2.15. The number of hydrogen-bond donors (Lipinski definition) is 2. The molecule has 2 N–H and O–H groups in total. The van der Waals surface area contributed by atoms with Crippen molar-refractivity contribution in [3.05, 3.63) is 65.6 Å². The molecule has 0 aliphatic carbocycles. The Morgan fingerprint density at radius 3 is 3.00 bits per heavy atom. The number of nitrogens with zero attached hydrogens (tertiary/aromatic N) is 4. The average Bonchev–Trinajstić information content (AvgIpc) is 3.19. The molecule has 8 nitrogen and oxygen atoms in total. The second-order valence-corrected chi connectivity index (χ2v) is 4.44. The van der Waals surface area contributed by atoms with Gasteiger partial charge in [-0.1, -0.05) is 6.07 Å². The summed E-state index contributed by atoms with van der Waals surface area (Å²) in [6.07, 6.45) is 6.06. The number of furan rings is 1. The molecule has 0 aliphatic rings. The molecular weight excluding hydrogens is 286 g/mol. The van der Waals surface area contributed by atoms with Gasteiger partial charge in [-0.15, -0.1) is 10.2 Å². The van der Waals surface area contributed by atoms with Crippen LogP contribution in [0.1, 0.15) is 27.4 Å². The lowest BCUT2D eigenvalue weighted by Crippen LogP contribution is -2.00. The number of tetrazole rings is 1. The zero-order valence-corrected chi connectivity index (χ0v) is 11.3. The van der Waals surface area contributed by atoms with Gasteiger partial charge in [0.15, 0.2) is 0 Å². The highest BCUT2D eigenvalue weighted by atomic mass is 16.3. The van der Waals surface area contributed by atoms with Gasteiger partial charge in [0.1, 0.15) is 12.0 Å². The predicted molar refractivity (Wildman–Crippen MR) is 74.9 cm³/mol. The Morgan fingerprint density at radius 1 is 1.36 bits per heavy atom. The summed E-state index contributed by atoms with van der Waals surface area (Å²) in [6.45, 7) is 0. The van der Waals surface area contributed by atoms with Crippen molar-refractivity contribution in [2.24, 2.45) is 0 Å². The third-order valence-corrected chi connectivity index (χ3v) is 2.95. The van der Waals surface area contributed by atoms with Crippen molar-refractivity contribution in [3.8, 4) is 0 Å². The summed E-state index contributed by atoms with van der Waals surface area (Å²) < 4.78 is 5.12. The number of pyridine rings is 1. The molecule has 0 aromatic carbocycles. The fourth-order valence-electron chi connectivity index (χ4n) is 1.92. The van der Waals surface area contributed by atoms with E-state index in [0.29, 0.717) is 17.5 Å². The number of nitrogens with one attached hydrogen (secondary N) is 1. The summed E-state index contributed by atoms with van der Waals surface area (Å²) in [5.41, 5.74) is 1.96. The Labute approximate surface area is 124 Å². The van der Waals surface area contributed by atoms with Crippen molar-refractivity contribution in [2.45, 2.75) is 6.42 Å². The summed E-state index contributed by atoms with van der Waals surface area (Å²) >= 11 is 0. The van der Waals surface area contributed by atoms with Crippen LogP contribution in [-0.4, -0.2) is 36.5 Å². The van der Waals surface area contributed by atoms with Gasteiger partial charge in [0.05, 0.1) is 11.8 Å². The first-order valence-electron chi connectivity index (χ1n) is 6.38. The van der Waals surface area contributed by atoms with Crippen LogP contribution in [0.2, 0.25) is 0 Å². The minimum Gasteiger partial charge on any atom is -0.507 e. The second kappa shape index (κ2) is 6.00. The fourth-order valence-corrected chi connectivity index (χ4v) is 1.92. The van der Waals surface area contributed by atoms with Crippen molar-refractivity contribution < 1.29 is 14.3 Å². The number of aromatic amines is 1. The highest BCUT2D eigenvalue weighted by molar-refractivity contribution is 6.05. The standard InChI is InChI=1S/C14H11N5O3/c20-12(6-13(21)14-16-18-19-17-14)11-8-22-7-9(11)5-10-3-1-2-4-15-10/h1-4,6-8,20H,5H2,(H,16,17,18,19). The number of ketones is 1. The normalized spacial score (nSPS) is 11.5. The van der Waals surface area contributed by atoms with E-state index in [-0.39, 0.29) is 11.6 Å². The van der Waals surface area contributed by atoms with E-state index in [1.165, 1.54) is 12.5 Å². The topological polar surface area (TPSA) is 118 Å². The molecule has 0 aliphatic heterocycles. The van der Waals surface area contributed by atoms with Crippen LogP contribution < -0.4 is 0 Å². The molecule has 3 aromatic rings. The summed E-state index contributed by atoms with van der Waals surface area (Å²) in [5.74, 6) is -0.910. The molecule has 3 rings (SSSR count). The van der Waals surface area contributed by atoms with Gasteiger partial charge in [0.2, 0.25) is 11.6 Å². The van der Waals surface area contributed by atoms with Crippen molar-refractivity contribution in [1.29, 1.82) is 0 Å². The lowest BCUT2D eigenvalue weighted by Gasteiger charge is -2.01. The largest absolute Gasteiger partial charge is 0.507 e. The third-order valence-electron chi connectivity index (χ3n) is 2.95. The lowest BCUT2D eigenvalue weighted by atomic mass is 10.1. The van der Waals surface area contributed by atoms with Crippen LogP contribution in [0.4, 0.5) is 0 Å². The Hall–Kier alpha value is -3.29. The van der Waals surface area contributed by atoms with Gasteiger partial charge < -0.3 is 9.52 Å². The van der Waals surface area contributed by atoms with Gasteiger partial charge in [-0.05, 0) is 17.3 Å². The first-order chi connectivity index (χ1) is 10.7. The van der Waals surface area contributed by atoms with Gasteiger partial charge in [-0.2, -0.15) is 5.21 Å². The van der Waals surface area contributed by atoms with Crippen LogP contribution >= 0.6 is 0 Å². The first kappa shape index (κ1) is 13.7. The maximum atomic E-state index is 11.8. The highest BCUT2D eigenvalue weighted by Crippen LogP contribution is 2.21. The Balaban J connectivity index is 1.83. The van der Waals surface area contributed by atoms with Crippen LogP contribution in [0.5, 0.6) is 0 Å². The Morgan fingerprint density at radius 2 is 2.27 bits per heavy atom. The molecular formula is C14H11N5O3. The quantitative estimate of drug-likeness (QED) is 0.417. The number of allylic oxidation sites excluding steroid dienone is 1. The molecule has 0 atom stereocenters. The molecule has 0 saturated carbocycles. The lowest BCUT2D eigenvalue weighted by molar-refractivity contribution is 0.103. The van der Waals surface area contributed by atoms with Crippen molar-refractivity contribution in [1.82, 2.24) is 25.6 Å². The zero-order chi connectivity index (χ0) is 15.4. The number of aromatic nitrogens is 5. The molecule has 0 fully saturated rings. The van der Waals surface area contributed by atoms with Gasteiger partial charge in [-0.25, -0.2) is 0 Å². The van der Waals surface area contributed by atoms with E-state index in [1.807, 2.05) is 18.2 Å². The predicted octanol–water partition coefficient (Wildman–Crippen LogP) is 1.56. The van der Waals surface area contributed by atoms with Crippen molar-refractivity contribution in [3.63, 3.8) is 0 Å². The van der Waals surface area contributed by atoms with Crippen LogP contribution in [0.3, 0.4) is 0 Å². The molecule has 0 saturated heterocycles. The molecule has 0 spiro atoms. The average molecular weight is 297 g/mol. The molecule has 0 radical (unpaired) electrons. The van der Waals surface area contributed by atoms with E-state index in [0.717, 1.165) is 11.8 Å². The number of aliphatic hydroxyl groups is 1. The Bertz CT molecular complexity index is 793. The minimum atomic E-state index is -0.559. The van der Waals surface area contributed by atoms with E-state index in [4.69, 9.17) is 4.42 Å². The third kappa shape index (κ3) is 2.90. The fraction of sp³-hybridized carbons (Fsp3) is 0.0714. The minimum absolute atomic E-state index is 0.124. The van der Waals surface area contributed by atoms with E-state index in [1.54, 1.807) is 6.20 Å². The molecule has 0 bridgehead atoms. The van der Waals surface area contributed by atoms with Crippen LogP contribution in [0.25, 0.3) is 5.76 Å². The zero-order valence-electron chi connectivity index (χ0n) is 11.3. The van der Waals surface area contributed by atoms with Crippen LogP contribution in [-0.2, 0) is 6.42 Å². The molecule has 110 valence electrons. The molecule has 8 heteroatoms. The van der Waals surface area contributed by atoms with Crippen LogP contribution in [0, 0.1) is 0 Å². The second-order valence-electron chi connectivity index (χ2n) is 4.44. The summed E-state index contributed by atoms with van der Waals surface area (Å²) in [7, 11) is 0. The van der Waals surface area contributed by atoms with Crippen molar-refractivity contribution in [2.75, 3.05) is 0 Å². The van der Waals surface area contributed by atoms with Gasteiger partial charge in [0.25, 0.3) is 0 Å². The maximum absolute atomic E-state index is 11.8.